The van der Waals surface area contributed by atoms with Crippen molar-refractivity contribution in [2.45, 2.75) is 23.9 Å². The number of halogens is 1. The number of aromatic nitrogens is 1. The van der Waals surface area contributed by atoms with Crippen LogP contribution in [-0.4, -0.2) is 10.9 Å². The molecule has 1 aromatic heterocycles. The second-order valence-corrected chi connectivity index (χ2v) is 7.76. The molecule has 128 valence electrons. The third-order valence-corrected chi connectivity index (χ3v) is 5.76. The lowest BCUT2D eigenvalue weighted by Gasteiger charge is -2.08. The van der Waals surface area contributed by atoms with Gasteiger partial charge in [-0.2, -0.15) is 0 Å². The highest BCUT2D eigenvalue weighted by molar-refractivity contribution is 8.00. The van der Waals surface area contributed by atoms with E-state index in [0.29, 0.717) is 5.56 Å². The Hall–Kier alpha value is -2.18. The van der Waals surface area contributed by atoms with Crippen LogP contribution in [0.2, 0.25) is 0 Å². The van der Waals surface area contributed by atoms with Gasteiger partial charge in [0.25, 0.3) is 5.91 Å². The average Bonchev–Trinajstić information content (AvgIpc) is 3.02. The number of carbonyl (C=O) groups is 1. The van der Waals surface area contributed by atoms with Crippen LogP contribution in [0.1, 0.15) is 27.2 Å². The molecule has 0 spiro atoms. The average molecular weight is 372 g/mol. The molecular formula is C19H17FN2OS2. The zero-order valence-corrected chi connectivity index (χ0v) is 15.5. The number of carbonyl (C=O) groups excluding carboxylic acids is 1. The van der Waals surface area contributed by atoms with Crippen LogP contribution in [0.5, 0.6) is 0 Å². The van der Waals surface area contributed by atoms with Crippen molar-refractivity contribution >= 4 is 34.7 Å². The van der Waals surface area contributed by atoms with Crippen LogP contribution in [-0.2, 0) is 5.75 Å². The smallest absolute Gasteiger partial charge is 0.255 e. The van der Waals surface area contributed by atoms with Crippen molar-refractivity contribution in [1.29, 1.82) is 0 Å². The summed E-state index contributed by atoms with van der Waals surface area (Å²) in [7, 11) is 0. The van der Waals surface area contributed by atoms with Crippen LogP contribution in [0.3, 0.4) is 0 Å². The van der Waals surface area contributed by atoms with Crippen molar-refractivity contribution in [2.75, 3.05) is 5.32 Å². The molecule has 2 aromatic carbocycles. The number of nitrogens with one attached hydrogen (secondary N) is 1. The van der Waals surface area contributed by atoms with Gasteiger partial charge in [-0.1, -0.05) is 30.0 Å². The van der Waals surface area contributed by atoms with E-state index < -0.39 is 5.82 Å². The highest BCUT2D eigenvalue weighted by Gasteiger charge is 2.10. The molecule has 0 aliphatic heterocycles. The van der Waals surface area contributed by atoms with Gasteiger partial charge in [0.1, 0.15) is 10.2 Å². The maximum Gasteiger partial charge on any atom is 0.255 e. The second-order valence-electron chi connectivity index (χ2n) is 5.68. The molecule has 1 heterocycles. The minimum atomic E-state index is -0.439. The zero-order valence-electron chi connectivity index (χ0n) is 13.9. The summed E-state index contributed by atoms with van der Waals surface area (Å²) < 4.78 is 14.8. The van der Waals surface area contributed by atoms with Gasteiger partial charge in [-0.05, 0) is 49.2 Å². The van der Waals surface area contributed by atoms with Crippen LogP contribution < -0.4 is 5.32 Å². The summed E-state index contributed by atoms with van der Waals surface area (Å²) in [4.78, 5) is 16.7. The van der Waals surface area contributed by atoms with E-state index in [-0.39, 0.29) is 11.6 Å². The first-order valence-corrected chi connectivity index (χ1v) is 9.59. The number of thiazole rings is 1. The molecule has 0 radical (unpaired) electrons. The molecule has 1 amide bonds. The van der Waals surface area contributed by atoms with Gasteiger partial charge >= 0.3 is 0 Å². The predicted molar refractivity (Wildman–Crippen MR) is 102 cm³/mol. The molecule has 1 N–H and O–H groups in total. The third-order valence-electron chi connectivity index (χ3n) is 3.55. The lowest BCUT2D eigenvalue weighted by molar-refractivity contribution is 0.102. The normalized spacial score (nSPS) is 10.7. The minimum Gasteiger partial charge on any atom is -0.319 e. The first-order valence-electron chi connectivity index (χ1n) is 7.72. The number of rotatable bonds is 5. The van der Waals surface area contributed by atoms with Crippen LogP contribution in [0, 0.1) is 19.7 Å². The lowest BCUT2D eigenvalue weighted by Crippen LogP contribution is -2.13. The molecule has 3 aromatic rings. The van der Waals surface area contributed by atoms with Crippen LogP contribution in [0.15, 0.2) is 52.2 Å². The summed E-state index contributed by atoms with van der Waals surface area (Å²) in [5.74, 6) is 0.0337. The monoisotopic (exact) mass is 372 g/mol. The van der Waals surface area contributed by atoms with Gasteiger partial charge in [0.05, 0.1) is 5.69 Å². The van der Waals surface area contributed by atoms with E-state index in [1.165, 1.54) is 6.07 Å². The molecule has 0 aliphatic rings. The molecule has 3 nitrogen and oxygen atoms in total. The van der Waals surface area contributed by atoms with Crippen molar-refractivity contribution in [2.24, 2.45) is 0 Å². The molecule has 0 saturated heterocycles. The fourth-order valence-electron chi connectivity index (χ4n) is 2.23. The number of hydrogen-bond acceptors (Lipinski definition) is 4. The van der Waals surface area contributed by atoms with Crippen molar-refractivity contribution in [1.82, 2.24) is 4.98 Å². The van der Waals surface area contributed by atoms with E-state index in [4.69, 9.17) is 0 Å². The van der Waals surface area contributed by atoms with Crippen molar-refractivity contribution in [3.05, 3.63) is 76.0 Å². The molecule has 6 heteroatoms. The predicted octanol–water partition coefficient (Wildman–Crippen LogP) is 5.44. The summed E-state index contributed by atoms with van der Waals surface area (Å²) in [5, 5.41) is 4.65. The summed E-state index contributed by atoms with van der Waals surface area (Å²) in [5.41, 5.74) is 3.73. The number of anilines is 1. The molecule has 0 fully saturated rings. The van der Waals surface area contributed by atoms with E-state index in [0.717, 1.165) is 26.9 Å². The van der Waals surface area contributed by atoms with Crippen LogP contribution in [0.4, 0.5) is 10.1 Å². The summed E-state index contributed by atoms with van der Waals surface area (Å²) in [6.45, 7) is 3.83. The van der Waals surface area contributed by atoms with E-state index in [1.807, 2.05) is 31.4 Å². The fourth-order valence-corrected chi connectivity index (χ4v) is 4.03. The highest BCUT2D eigenvalue weighted by Crippen LogP contribution is 2.26. The lowest BCUT2D eigenvalue weighted by atomic mass is 10.1. The second kappa shape index (κ2) is 7.80. The van der Waals surface area contributed by atoms with E-state index in [2.05, 4.69) is 10.3 Å². The van der Waals surface area contributed by atoms with E-state index in [1.54, 1.807) is 47.4 Å². The van der Waals surface area contributed by atoms with Crippen LogP contribution >= 0.6 is 23.1 Å². The summed E-state index contributed by atoms with van der Waals surface area (Å²) >= 11 is 3.30. The van der Waals surface area contributed by atoms with Crippen LogP contribution in [0.25, 0.3) is 0 Å². The molecule has 3 rings (SSSR count). The summed E-state index contributed by atoms with van der Waals surface area (Å²) in [6, 6.07) is 12.0. The van der Waals surface area contributed by atoms with E-state index >= 15 is 0 Å². The van der Waals surface area contributed by atoms with Crippen molar-refractivity contribution in [3.8, 4) is 0 Å². The van der Waals surface area contributed by atoms with Gasteiger partial charge in [-0.25, -0.2) is 9.37 Å². The fraction of sp³-hybridized carbons (Fsp3) is 0.158. The number of hydrogen-bond donors (Lipinski definition) is 1. The first kappa shape index (κ1) is 17.6. The Balaban J connectivity index is 1.63. The Bertz CT molecular complexity index is 891. The van der Waals surface area contributed by atoms with Gasteiger partial charge in [0.15, 0.2) is 0 Å². The number of thioether (sulfide) groups is 1. The van der Waals surface area contributed by atoms with Crippen molar-refractivity contribution < 1.29 is 9.18 Å². The topological polar surface area (TPSA) is 42.0 Å². The Morgan fingerprint density at radius 2 is 1.96 bits per heavy atom. The molecular weight excluding hydrogens is 355 g/mol. The Labute approximate surface area is 154 Å². The molecule has 0 unspecified atom stereocenters. The maximum absolute atomic E-state index is 13.8. The molecule has 0 saturated carbocycles. The molecule has 0 aliphatic carbocycles. The number of nitrogens with zero attached hydrogens (tertiary/aromatic N) is 1. The summed E-state index contributed by atoms with van der Waals surface area (Å²) in [6.07, 6.45) is 0. The maximum atomic E-state index is 13.8. The van der Waals surface area contributed by atoms with Gasteiger partial charge in [-0.15, -0.1) is 11.3 Å². The molecule has 0 atom stereocenters. The van der Waals surface area contributed by atoms with Gasteiger partial charge < -0.3 is 5.32 Å². The number of amides is 1. The quantitative estimate of drug-likeness (QED) is 0.606. The largest absolute Gasteiger partial charge is 0.319 e. The van der Waals surface area contributed by atoms with E-state index in [9.17, 15) is 9.18 Å². The van der Waals surface area contributed by atoms with Gasteiger partial charge in [0, 0.05) is 22.4 Å². The third kappa shape index (κ3) is 4.67. The first-order chi connectivity index (χ1) is 12.0. The highest BCUT2D eigenvalue weighted by atomic mass is 32.2. The SMILES string of the molecule is Cc1ccc(F)c(NC(=O)c2ccc(CSc3nc(C)cs3)cc2)c1. The Morgan fingerprint density at radius 3 is 2.64 bits per heavy atom. The standard InChI is InChI=1S/C19H17FN2OS2/c1-12-3-8-16(20)17(9-12)22-18(23)15-6-4-14(5-7-15)11-25-19-21-13(2)10-24-19/h3-10H,11H2,1-2H3,(H,22,23). The Kier molecular flexibility index (Phi) is 5.50. The number of benzene rings is 2. The minimum absolute atomic E-state index is 0.198. The van der Waals surface area contributed by atoms with Gasteiger partial charge in [0.2, 0.25) is 0 Å². The molecule has 0 bridgehead atoms. The zero-order chi connectivity index (χ0) is 17.8. The Morgan fingerprint density at radius 1 is 1.20 bits per heavy atom. The van der Waals surface area contributed by atoms with Gasteiger partial charge in [-0.3, -0.25) is 4.79 Å². The molecule has 25 heavy (non-hydrogen) atoms. The van der Waals surface area contributed by atoms with Crippen molar-refractivity contribution in [3.63, 3.8) is 0 Å². The number of aryl methyl sites for hydroxylation is 2.